The van der Waals surface area contributed by atoms with E-state index in [-0.39, 0.29) is 27.7 Å². The van der Waals surface area contributed by atoms with Gasteiger partial charge in [0.05, 0.1) is 4.90 Å². The fraction of sp³-hybridized carbons (Fsp3) is 0.211. The van der Waals surface area contributed by atoms with Crippen LogP contribution in [0.4, 0.5) is 5.88 Å². The van der Waals surface area contributed by atoms with Gasteiger partial charge in [0, 0.05) is 16.6 Å². The maximum Gasteiger partial charge on any atom is 0.234 e. The molecule has 0 atom stereocenters. The molecule has 0 aliphatic heterocycles. The van der Waals surface area contributed by atoms with Crippen LogP contribution in [0.25, 0.3) is 11.5 Å². The molecule has 0 bridgehead atoms. The monoisotopic (exact) mass is 388 g/mol. The predicted molar refractivity (Wildman–Crippen MR) is 100 cm³/mol. The minimum absolute atomic E-state index is 0.0850. The number of anilines is 1. The van der Waals surface area contributed by atoms with E-state index in [1.165, 1.54) is 0 Å². The average Bonchev–Trinajstić information content (AvgIpc) is 3.32. The third kappa shape index (κ3) is 3.34. The Kier molecular flexibility index (Phi) is 4.25. The summed E-state index contributed by atoms with van der Waals surface area (Å²) in [7, 11) is -3.79. The number of aromatic nitrogens is 1. The van der Waals surface area contributed by atoms with Gasteiger partial charge in [-0.2, -0.15) is 4.98 Å². The number of hydrogen-bond acceptors (Lipinski definition) is 5. The van der Waals surface area contributed by atoms with E-state index in [1.807, 2.05) is 6.92 Å². The molecular formula is C19H17ClN2O3S. The number of hydrogen-bond donors (Lipinski definition) is 1. The van der Waals surface area contributed by atoms with Gasteiger partial charge in [0.2, 0.25) is 26.6 Å². The Morgan fingerprint density at radius 1 is 1.08 bits per heavy atom. The van der Waals surface area contributed by atoms with Crippen molar-refractivity contribution in [1.82, 2.24) is 4.98 Å². The summed E-state index contributed by atoms with van der Waals surface area (Å²) in [6.45, 7) is 1.91. The number of halogens is 1. The lowest BCUT2D eigenvalue weighted by molar-refractivity contribution is 0.576. The van der Waals surface area contributed by atoms with E-state index < -0.39 is 9.84 Å². The summed E-state index contributed by atoms with van der Waals surface area (Å²) < 4.78 is 31.9. The second-order valence-electron chi connectivity index (χ2n) is 6.40. The van der Waals surface area contributed by atoms with Crippen LogP contribution in [-0.2, 0) is 9.84 Å². The molecule has 1 aromatic heterocycles. The second kappa shape index (κ2) is 6.45. The zero-order valence-corrected chi connectivity index (χ0v) is 15.6. The Morgan fingerprint density at radius 2 is 1.73 bits per heavy atom. The summed E-state index contributed by atoms with van der Waals surface area (Å²) in [5.41, 5.74) is 1.65. The quantitative estimate of drug-likeness (QED) is 0.685. The van der Waals surface area contributed by atoms with Crippen LogP contribution in [0.3, 0.4) is 0 Å². The van der Waals surface area contributed by atoms with Crippen LogP contribution in [0.5, 0.6) is 0 Å². The van der Waals surface area contributed by atoms with Gasteiger partial charge in [0.15, 0.2) is 0 Å². The van der Waals surface area contributed by atoms with Crippen molar-refractivity contribution in [2.24, 2.45) is 0 Å². The van der Waals surface area contributed by atoms with Gasteiger partial charge in [0.25, 0.3) is 0 Å². The number of nitrogens with one attached hydrogen (secondary N) is 1. The molecule has 1 fully saturated rings. The highest BCUT2D eigenvalue weighted by molar-refractivity contribution is 7.91. The standard InChI is InChI=1S/C19H17ClN2O3S/c1-12-2-10-16(11-3-12)26(23,24)19-18(21-15-8-9-15)25-17(22-19)13-4-6-14(20)7-5-13/h2-7,10-11,15,21H,8-9H2,1H3. The summed E-state index contributed by atoms with van der Waals surface area (Å²) in [6, 6.07) is 13.8. The van der Waals surface area contributed by atoms with E-state index in [0.717, 1.165) is 18.4 Å². The summed E-state index contributed by atoms with van der Waals surface area (Å²) in [5, 5.41) is 3.64. The Bertz CT molecular complexity index is 1040. The molecule has 26 heavy (non-hydrogen) atoms. The minimum Gasteiger partial charge on any atom is -0.419 e. The first-order valence-electron chi connectivity index (χ1n) is 8.28. The Hall–Kier alpha value is -2.31. The molecule has 5 nitrogen and oxygen atoms in total. The molecule has 4 rings (SSSR count). The number of rotatable bonds is 5. The van der Waals surface area contributed by atoms with Gasteiger partial charge in [-0.3, -0.25) is 0 Å². The maximum absolute atomic E-state index is 13.1. The minimum atomic E-state index is -3.79. The fourth-order valence-corrected chi connectivity index (χ4v) is 3.93. The lowest BCUT2D eigenvalue weighted by atomic mass is 10.2. The fourth-order valence-electron chi connectivity index (χ4n) is 2.54. The van der Waals surface area contributed by atoms with E-state index >= 15 is 0 Å². The zero-order chi connectivity index (χ0) is 18.3. The summed E-state index contributed by atoms with van der Waals surface area (Å²) >= 11 is 5.92. The molecule has 0 saturated heterocycles. The highest BCUT2D eigenvalue weighted by Crippen LogP contribution is 2.35. The van der Waals surface area contributed by atoms with Crippen molar-refractivity contribution >= 4 is 27.3 Å². The first kappa shape index (κ1) is 17.1. The van der Waals surface area contributed by atoms with Crippen LogP contribution < -0.4 is 5.32 Å². The number of oxazole rings is 1. The molecule has 0 unspecified atom stereocenters. The molecule has 1 aliphatic rings. The molecule has 134 valence electrons. The predicted octanol–water partition coefficient (Wildman–Crippen LogP) is 4.71. The van der Waals surface area contributed by atoms with Crippen molar-refractivity contribution in [1.29, 1.82) is 0 Å². The average molecular weight is 389 g/mol. The van der Waals surface area contributed by atoms with Crippen LogP contribution in [0, 0.1) is 6.92 Å². The highest BCUT2D eigenvalue weighted by atomic mass is 35.5. The van der Waals surface area contributed by atoms with Crippen LogP contribution in [0.1, 0.15) is 18.4 Å². The van der Waals surface area contributed by atoms with Gasteiger partial charge in [-0.15, -0.1) is 0 Å². The lowest BCUT2D eigenvalue weighted by Crippen LogP contribution is -2.08. The van der Waals surface area contributed by atoms with Crippen molar-refractivity contribution in [3.63, 3.8) is 0 Å². The van der Waals surface area contributed by atoms with Crippen molar-refractivity contribution in [2.45, 2.75) is 35.7 Å². The third-order valence-electron chi connectivity index (χ3n) is 4.19. The van der Waals surface area contributed by atoms with Crippen LogP contribution >= 0.6 is 11.6 Å². The molecule has 0 spiro atoms. The largest absolute Gasteiger partial charge is 0.419 e. The first-order valence-corrected chi connectivity index (χ1v) is 10.1. The number of sulfone groups is 1. The van der Waals surface area contributed by atoms with E-state index in [4.69, 9.17) is 16.0 Å². The topological polar surface area (TPSA) is 72.2 Å². The smallest absolute Gasteiger partial charge is 0.234 e. The summed E-state index contributed by atoms with van der Waals surface area (Å²) in [6.07, 6.45) is 1.97. The maximum atomic E-state index is 13.1. The Balaban J connectivity index is 1.80. The summed E-state index contributed by atoms with van der Waals surface area (Å²) in [4.78, 5) is 4.49. The van der Waals surface area contributed by atoms with E-state index in [1.54, 1.807) is 48.5 Å². The molecule has 0 radical (unpaired) electrons. The van der Waals surface area contributed by atoms with Gasteiger partial charge < -0.3 is 9.73 Å². The molecule has 1 aliphatic carbocycles. The molecule has 1 heterocycles. The number of nitrogens with zero attached hydrogens (tertiary/aromatic N) is 1. The highest BCUT2D eigenvalue weighted by Gasteiger charge is 2.32. The normalized spacial score (nSPS) is 14.4. The zero-order valence-electron chi connectivity index (χ0n) is 14.1. The van der Waals surface area contributed by atoms with Crippen LogP contribution in [0.2, 0.25) is 5.02 Å². The van der Waals surface area contributed by atoms with Crippen LogP contribution in [0.15, 0.2) is 62.9 Å². The van der Waals surface area contributed by atoms with Gasteiger partial charge in [-0.05, 0) is 56.2 Å². The lowest BCUT2D eigenvalue weighted by Gasteiger charge is -2.05. The molecular weight excluding hydrogens is 372 g/mol. The SMILES string of the molecule is Cc1ccc(S(=O)(=O)c2nc(-c3ccc(Cl)cc3)oc2NC2CC2)cc1. The van der Waals surface area contributed by atoms with E-state index in [0.29, 0.717) is 10.6 Å². The van der Waals surface area contributed by atoms with Crippen molar-refractivity contribution in [2.75, 3.05) is 5.32 Å². The number of aryl methyl sites for hydroxylation is 1. The van der Waals surface area contributed by atoms with E-state index in [2.05, 4.69) is 10.3 Å². The molecule has 0 amide bonds. The van der Waals surface area contributed by atoms with Crippen molar-refractivity contribution in [3.05, 3.63) is 59.1 Å². The van der Waals surface area contributed by atoms with Crippen LogP contribution in [-0.4, -0.2) is 19.4 Å². The molecule has 1 N–H and O–H groups in total. The number of benzene rings is 2. The van der Waals surface area contributed by atoms with Gasteiger partial charge in [-0.25, -0.2) is 8.42 Å². The van der Waals surface area contributed by atoms with E-state index in [9.17, 15) is 8.42 Å². The van der Waals surface area contributed by atoms with Gasteiger partial charge in [-0.1, -0.05) is 29.3 Å². The Morgan fingerprint density at radius 3 is 2.35 bits per heavy atom. The van der Waals surface area contributed by atoms with Crippen molar-refractivity contribution in [3.8, 4) is 11.5 Å². The molecule has 3 aromatic rings. The second-order valence-corrected chi connectivity index (χ2v) is 8.70. The summed E-state index contributed by atoms with van der Waals surface area (Å²) in [5.74, 6) is 0.438. The molecule has 7 heteroatoms. The molecule has 2 aromatic carbocycles. The van der Waals surface area contributed by atoms with Gasteiger partial charge in [0.1, 0.15) is 0 Å². The third-order valence-corrected chi connectivity index (χ3v) is 6.12. The first-order chi connectivity index (χ1) is 12.4. The van der Waals surface area contributed by atoms with Crippen molar-refractivity contribution < 1.29 is 12.8 Å². The van der Waals surface area contributed by atoms with Gasteiger partial charge >= 0.3 is 0 Å². The Labute approximate surface area is 156 Å². The molecule has 1 saturated carbocycles.